The molecular weight excluding hydrogens is 354 g/mol. The van der Waals surface area contributed by atoms with Crippen molar-refractivity contribution in [1.82, 2.24) is 10.9 Å². The van der Waals surface area contributed by atoms with Gasteiger partial charge in [-0.1, -0.05) is 23.7 Å². The summed E-state index contributed by atoms with van der Waals surface area (Å²) in [6.07, 6.45) is 0.581. The first-order valence-electron chi connectivity index (χ1n) is 8.32. The summed E-state index contributed by atoms with van der Waals surface area (Å²) in [5, 5.41) is 3.40. The van der Waals surface area contributed by atoms with Crippen molar-refractivity contribution in [2.45, 2.75) is 25.4 Å². The van der Waals surface area contributed by atoms with Crippen LogP contribution in [0, 0.1) is 6.92 Å². The van der Waals surface area contributed by atoms with Gasteiger partial charge >= 0.3 is 0 Å². The molecule has 26 heavy (non-hydrogen) atoms. The van der Waals surface area contributed by atoms with E-state index < -0.39 is 0 Å². The Hall–Kier alpha value is -2.28. The Bertz CT molecular complexity index is 813. The first-order chi connectivity index (χ1) is 12.5. The molecule has 2 atom stereocenters. The molecule has 1 heterocycles. The molecule has 6 nitrogen and oxygen atoms in total. The topological polar surface area (TPSA) is 71.6 Å². The van der Waals surface area contributed by atoms with Gasteiger partial charge in [-0.05, 0) is 37.1 Å². The number of hydrazine groups is 1. The van der Waals surface area contributed by atoms with Gasteiger partial charge in [-0.25, -0.2) is 10.9 Å². The van der Waals surface area contributed by atoms with E-state index in [2.05, 4.69) is 16.2 Å². The molecule has 1 aliphatic heterocycles. The van der Waals surface area contributed by atoms with E-state index in [0.717, 1.165) is 16.9 Å². The largest absolute Gasteiger partial charge is 0.497 e. The highest BCUT2D eigenvalue weighted by Crippen LogP contribution is 2.33. The number of nitrogens with one attached hydrogen (secondary N) is 3. The summed E-state index contributed by atoms with van der Waals surface area (Å²) in [5.41, 5.74) is 8.82. The summed E-state index contributed by atoms with van der Waals surface area (Å²) in [5.74, 6) is 1.30. The highest BCUT2D eigenvalue weighted by molar-refractivity contribution is 6.33. The van der Waals surface area contributed by atoms with Gasteiger partial charge in [0.25, 0.3) is 0 Å². The molecule has 1 amide bonds. The number of benzene rings is 2. The Morgan fingerprint density at radius 1 is 1.15 bits per heavy atom. The molecule has 0 aliphatic carbocycles. The Kier molecular flexibility index (Phi) is 5.66. The van der Waals surface area contributed by atoms with E-state index in [1.54, 1.807) is 14.2 Å². The maximum atomic E-state index is 12.6. The predicted octanol–water partition coefficient (Wildman–Crippen LogP) is 3.21. The second kappa shape index (κ2) is 7.95. The minimum atomic E-state index is -0.385. The first-order valence-corrected chi connectivity index (χ1v) is 8.69. The van der Waals surface area contributed by atoms with Gasteiger partial charge in [-0.3, -0.25) is 4.79 Å². The summed E-state index contributed by atoms with van der Waals surface area (Å²) in [4.78, 5) is 12.6. The quantitative estimate of drug-likeness (QED) is 0.748. The first kappa shape index (κ1) is 18.5. The van der Waals surface area contributed by atoms with Crippen LogP contribution in [-0.2, 0) is 4.79 Å². The number of methoxy groups -OCH3 is 2. The third-order valence-electron chi connectivity index (χ3n) is 4.42. The van der Waals surface area contributed by atoms with Crippen LogP contribution in [0.3, 0.4) is 0 Å². The maximum Gasteiger partial charge on any atom is 0.242 e. The molecule has 7 heteroatoms. The van der Waals surface area contributed by atoms with Crippen LogP contribution in [0.15, 0.2) is 36.4 Å². The number of carbonyl (C=O) groups excluding carboxylic acids is 1. The predicted molar refractivity (Wildman–Crippen MR) is 102 cm³/mol. The summed E-state index contributed by atoms with van der Waals surface area (Å²) in [6, 6.07) is 10.7. The van der Waals surface area contributed by atoms with E-state index in [1.165, 1.54) is 0 Å². The normalized spacial score (nSPS) is 19.2. The molecule has 1 saturated heterocycles. The molecular formula is C19H22ClN3O3. The van der Waals surface area contributed by atoms with E-state index >= 15 is 0 Å². The smallest absolute Gasteiger partial charge is 0.242 e. The average molecular weight is 376 g/mol. The lowest BCUT2D eigenvalue weighted by molar-refractivity contribution is -0.117. The van der Waals surface area contributed by atoms with E-state index in [1.807, 2.05) is 43.3 Å². The second-order valence-corrected chi connectivity index (χ2v) is 6.62. The van der Waals surface area contributed by atoms with Crippen LogP contribution in [0.1, 0.15) is 23.6 Å². The molecule has 0 bridgehead atoms. The van der Waals surface area contributed by atoms with Crippen molar-refractivity contribution in [3.8, 4) is 11.5 Å². The zero-order chi connectivity index (χ0) is 18.7. The lowest BCUT2D eigenvalue weighted by Crippen LogP contribution is -2.39. The highest BCUT2D eigenvalue weighted by atomic mass is 35.5. The molecule has 2 aromatic carbocycles. The number of hydrogen-bond donors (Lipinski definition) is 3. The number of ether oxygens (including phenoxy) is 2. The summed E-state index contributed by atoms with van der Waals surface area (Å²) < 4.78 is 10.7. The minimum absolute atomic E-state index is 0.0555. The van der Waals surface area contributed by atoms with Crippen molar-refractivity contribution < 1.29 is 14.3 Å². The SMILES string of the molecule is COc1ccc(C2CC(C(=O)Nc3ccc(C)cc3Cl)NN2)c(OC)c1. The second-order valence-electron chi connectivity index (χ2n) is 6.21. The van der Waals surface area contributed by atoms with Crippen molar-refractivity contribution in [3.05, 3.63) is 52.5 Å². The monoisotopic (exact) mass is 375 g/mol. The molecule has 1 aliphatic rings. The zero-order valence-corrected chi connectivity index (χ0v) is 15.7. The van der Waals surface area contributed by atoms with Crippen LogP contribution >= 0.6 is 11.6 Å². The van der Waals surface area contributed by atoms with Gasteiger partial charge in [0, 0.05) is 11.6 Å². The summed E-state index contributed by atoms with van der Waals surface area (Å²) in [6.45, 7) is 1.95. The highest BCUT2D eigenvalue weighted by Gasteiger charge is 2.32. The van der Waals surface area contributed by atoms with E-state index in [9.17, 15) is 4.79 Å². The Morgan fingerprint density at radius 3 is 2.65 bits per heavy atom. The molecule has 1 fully saturated rings. The van der Waals surface area contributed by atoms with Gasteiger partial charge in [-0.2, -0.15) is 0 Å². The van der Waals surface area contributed by atoms with Crippen LogP contribution in [0.2, 0.25) is 5.02 Å². The van der Waals surface area contributed by atoms with Gasteiger partial charge in [0.05, 0.1) is 31.0 Å². The molecule has 0 saturated carbocycles. The number of rotatable bonds is 5. The van der Waals surface area contributed by atoms with Crippen molar-refractivity contribution in [1.29, 1.82) is 0 Å². The Balaban J connectivity index is 1.69. The Labute approximate surface area is 157 Å². The van der Waals surface area contributed by atoms with E-state index in [4.69, 9.17) is 21.1 Å². The summed E-state index contributed by atoms with van der Waals surface area (Å²) in [7, 11) is 3.23. The van der Waals surface area contributed by atoms with Gasteiger partial charge in [0.2, 0.25) is 5.91 Å². The van der Waals surface area contributed by atoms with Gasteiger partial charge in [-0.15, -0.1) is 0 Å². The molecule has 2 aromatic rings. The molecule has 0 spiro atoms. The number of aryl methyl sites for hydroxylation is 1. The van der Waals surface area contributed by atoms with Gasteiger partial charge < -0.3 is 14.8 Å². The van der Waals surface area contributed by atoms with E-state index in [0.29, 0.717) is 22.9 Å². The van der Waals surface area contributed by atoms with Crippen LogP contribution in [0.4, 0.5) is 5.69 Å². The number of halogens is 1. The molecule has 138 valence electrons. The third-order valence-corrected chi connectivity index (χ3v) is 4.73. The zero-order valence-electron chi connectivity index (χ0n) is 14.9. The van der Waals surface area contributed by atoms with Crippen molar-refractivity contribution in [2.75, 3.05) is 19.5 Å². The minimum Gasteiger partial charge on any atom is -0.497 e. The number of hydrogen-bond acceptors (Lipinski definition) is 5. The van der Waals surface area contributed by atoms with Crippen molar-refractivity contribution >= 4 is 23.2 Å². The van der Waals surface area contributed by atoms with Crippen LogP contribution in [-0.4, -0.2) is 26.2 Å². The standard InChI is InChI=1S/C19H22ClN3O3/c1-11-4-7-15(14(20)8-11)21-19(24)17-10-16(22-23-17)13-6-5-12(25-2)9-18(13)26-3/h4-9,16-17,22-23H,10H2,1-3H3,(H,21,24). The molecule has 3 rings (SSSR count). The lowest BCUT2D eigenvalue weighted by atomic mass is 10.0. The maximum absolute atomic E-state index is 12.6. The summed E-state index contributed by atoms with van der Waals surface area (Å²) >= 11 is 6.19. The van der Waals surface area contributed by atoms with Crippen LogP contribution in [0.25, 0.3) is 0 Å². The van der Waals surface area contributed by atoms with Gasteiger partial charge in [0.15, 0.2) is 0 Å². The van der Waals surface area contributed by atoms with Crippen LogP contribution in [0.5, 0.6) is 11.5 Å². The van der Waals surface area contributed by atoms with E-state index in [-0.39, 0.29) is 18.0 Å². The Morgan fingerprint density at radius 2 is 1.96 bits per heavy atom. The van der Waals surface area contributed by atoms with Gasteiger partial charge in [0.1, 0.15) is 17.5 Å². The van der Waals surface area contributed by atoms with Crippen LogP contribution < -0.4 is 25.6 Å². The van der Waals surface area contributed by atoms with Crippen molar-refractivity contribution in [3.63, 3.8) is 0 Å². The third kappa shape index (κ3) is 3.93. The average Bonchev–Trinajstić information content (AvgIpc) is 3.13. The fourth-order valence-electron chi connectivity index (χ4n) is 2.98. The fraction of sp³-hybridized carbons (Fsp3) is 0.316. The number of carbonyl (C=O) groups is 1. The number of amides is 1. The van der Waals surface area contributed by atoms with Crippen molar-refractivity contribution in [2.24, 2.45) is 0 Å². The lowest BCUT2D eigenvalue weighted by Gasteiger charge is -2.15. The fourth-order valence-corrected chi connectivity index (χ4v) is 3.26. The molecule has 3 N–H and O–H groups in total. The molecule has 0 aromatic heterocycles. The molecule has 2 unspecified atom stereocenters. The number of anilines is 1. The molecule has 0 radical (unpaired) electrons.